The topological polar surface area (TPSA) is 114 Å². The zero-order chi connectivity index (χ0) is 20.6. The molecular weight excluding hydrogens is 404 g/mol. The predicted molar refractivity (Wildman–Crippen MR) is 108 cm³/mol. The number of aryl methyl sites for hydroxylation is 1. The summed E-state index contributed by atoms with van der Waals surface area (Å²) in [6.45, 7) is 3.03. The Morgan fingerprint density at radius 3 is 2.75 bits per heavy atom. The lowest BCUT2D eigenvalue weighted by molar-refractivity contribution is -0.385. The van der Waals surface area contributed by atoms with Crippen molar-refractivity contribution in [1.29, 1.82) is 0 Å². The second-order valence-corrected chi connectivity index (χ2v) is 7.70. The molecule has 1 aromatic carbocycles. The molecule has 0 saturated carbocycles. The summed E-state index contributed by atoms with van der Waals surface area (Å²) in [5.74, 6) is -0.905. The van der Waals surface area contributed by atoms with Gasteiger partial charge in [0.05, 0.1) is 9.83 Å². The molecule has 0 spiro atoms. The number of nitro benzene ring substituents is 1. The third kappa shape index (κ3) is 3.69. The number of hydrogen-bond acceptors (Lipinski definition) is 7. The molecule has 0 bridgehead atoms. The van der Waals surface area contributed by atoms with E-state index in [2.05, 4.69) is 0 Å². The maximum absolute atomic E-state index is 12.5. The maximum atomic E-state index is 12.5. The Labute approximate surface area is 169 Å². The number of carbonyl (C=O) groups excluding carboxylic acids is 1. The molecule has 1 aliphatic rings. The van der Waals surface area contributed by atoms with Gasteiger partial charge in [-0.2, -0.15) is 0 Å². The van der Waals surface area contributed by atoms with Crippen LogP contribution in [0.4, 0.5) is 5.69 Å². The number of carbonyl (C=O) groups is 2. The average molecular weight is 418 g/mol. The van der Waals surface area contributed by atoms with E-state index in [1.807, 2.05) is 0 Å². The first kappa shape index (κ1) is 19.8. The van der Waals surface area contributed by atoms with E-state index in [9.17, 15) is 19.7 Å². The summed E-state index contributed by atoms with van der Waals surface area (Å²) >= 11 is 6.10. The molecule has 1 aliphatic heterocycles. The highest BCUT2D eigenvalue weighted by molar-refractivity contribution is 8.26. The van der Waals surface area contributed by atoms with Gasteiger partial charge in [-0.3, -0.25) is 19.8 Å². The summed E-state index contributed by atoms with van der Waals surface area (Å²) in [6.07, 6.45) is 1.47. The molecule has 28 heavy (non-hydrogen) atoms. The molecule has 1 saturated heterocycles. The van der Waals surface area contributed by atoms with Crippen LogP contribution in [0.3, 0.4) is 0 Å². The van der Waals surface area contributed by atoms with Crippen LogP contribution in [-0.2, 0) is 9.59 Å². The molecule has 1 atom stereocenters. The third-order valence-corrected chi connectivity index (χ3v) is 5.49. The number of carboxylic acid groups (broad SMARTS) is 1. The van der Waals surface area contributed by atoms with Crippen LogP contribution in [-0.4, -0.2) is 37.2 Å². The van der Waals surface area contributed by atoms with Crippen LogP contribution in [0.15, 0.2) is 39.7 Å². The normalized spacial score (nSPS) is 16.6. The standard InChI is InChI=1S/C18H14N2O6S2/c1-9-3-4-11(7-13(9)20(24)25)14-6-5-12(26-14)8-15-16(21)19(18(27)28-15)10(2)17(22)23/h3-8,10H,1-2H3,(H,22,23)/b15-8-. The summed E-state index contributed by atoms with van der Waals surface area (Å²) < 4.78 is 5.85. The number of hydrogen-bond donors (Lipinski definition) is 1. The van der Waals surface area contributed by atoms with Crippen LogP contribution >= 0.6 is 24.0 Å². The predicted octanol–water partition coefficient (Wildman–Crippen LogP) is 3.84. The fourth-order valence-electron chi connectivity index (χ4n) is 2.60. The zero-order valence-corrected chi connectivity index (χ0v) is 16.4. The minimum Gasteiger partial charge on any atom is -0.480 e. The van der Waals surface area contributed by atoms with Gasteiger partial charge in [0.25, 0.3) is 11.6 Å². The lowest BCUT2D eigenvalue weighted by Gasteiger charge is -2.18. The van der Waals surface area contributed by atoms with Crippen molar-refractivity contribution in [3.8, 4) is 11.3 Å². The molecule has 1 aromatic heterocycles. The molecule has 0 radical (unpaired) electrons. The molecule has 1 N–H and O–H groups in total. The number of furan rings is 1. The summed E-state index contributed by atoms with van der Waals surface area (Å²) in [5, 5.41) is 20.2. The van der Waals surface area contributed by atoms with Crippen molar-refractivity contribution in [1.82, 2.24) is 4.90 Å². The van der Waals surface area contributed by atoms with Gasteiger partial charge in [-0.25, -0.2) is 4.79 Å². The number of benzene rings is 1. The molecule has 1 unspecified atom stereocenters. The number of thioether (sulfide) groups is 1. The lowest BCUT2D eigenvalue weighted by Crippen LogP contribution is -2.41. The Kier molecular flexibility index (Phi) is 5.34. The fourth-order valence-corrected chi connectivity index (χ4v) is 4.00. The highest BCUT2D eigenvalue weighted by atomic mass is 32.2. The first-order chi connectivity index (χ1) is 13.2. The van der Waals surface area contributed by atoms with E-state index in [0.717, 1.165) is 16.7 Å². The van der Waals surface area contributed by atoms with Crippen LogP contribution in [0.25, 0.3) is 17.4 Å². The maximum Gasteiger partial charge on any atom is 0.326 e. The third-order valence-electron chi connectivity index (χ3n) is 4.16. The average Bonchev–Trinajstić information content (AvgIpc) is 3.19. The zero-order valence-electron chi connectivity index (χ0n) is 14.7. The summed E-state index contributed by atoms with van der Waals surface area (Å²) in [6, 6.07) is 6.95. The molecule has 2 aromatic rings. The van der Waals surface area contributed by atoms with Crippen molar-refractivity contribution in [2.24, 2.45) is 0 Å². The minimum absolute atomic E-state index is 0.0148. The summed E-state index contributed by atoms with van der Waals surface area (Å²) in [4.78, 5) is 35.6. The quantitative estimate of drug-likeness (QED) is 0.337. The molecular formula is C18H14N2O6S2. The fraction of sp³-hybridized carbons (Fsp3) is 0.167. The van der Waals surface area contributed by atoms with E-state index in [4.69, 9.17) is 21.7 Å². The van der Waals surface area contributed by atoms with Crippen molar-refractivity contribution < 1.29 is 24.0 Å². The Bertz CT molecular complexity index is 1040. The second kappa shape index (κ2) is 7.56. The van der Waals surface area contributed by atoms with Crippen LogP contribution in [0.5, 0.6) is 0 Å². The van der Waals surface area contributed by atoms with E-state index < -0.39 is 22.8 Å². The van der Waals surface area contributed by atoms with Gasteiger partial charge in [0, 0.05) is 23.3 Å². The monoisotopic (exact) mass is 418 g/mol. The minimum atomic E-state index is -1.15. The molecule has 0 aliphatic carbocycles. The van der Waals surface area contributed by atoms with Gasteiger partial charge in [-0.1, -0.05) is 36.1 Å². The van der Waals surface area contributed by atoms with Crippen LogP contribution < -0.4 is 0 Å². The number of rotatable bonds is 5. The van der Waals surface area contributed by atoms with E-state index >= 15 is 0 Å². The van der Waals surface area contributed by atoms with E-state index in [1.165, 1.54) is 19.1 Å². The van der Waals surface area contributed by atoms with Crippen LogP contribution in [0.1, 0.15) is 18.2 Å². The first-order valence-electron chi connectivity index (χ1n) is 8.04. The van der Waals surface area contributed by atoms with E-state index in [-0.39, 0.29) is 14.9 Å². The second-order valence-electron chi connectivity index (χ2n) is 6.03. The number of nitrogens with zero attached hydrogens (tertiary/aromatic N) is 2. The van der Waals surface area contributed by atoms with Gasteiger partial charge in [-0.05, 0) is 26.0 Å². The van der Waals surface area contributed by atoms with Crippen molar-refractivity contribution in [2.45, 2.75) is 19.9 Å². The number of amides is 1. The van der Waals surface area contributed by atoms with E-state index in [0.29, 0.717) is 22.6 Å². The highest BCUT2D eigenvalue weighted by Crippen LogP contribution is 2.35. The smallest absolute Gasteiger partial charge is 0.326 e. The number of aliphatic carboxylic acids is 1. The Balaban J connectivity index is 1.88. The van der Waals surface area contributed by atoms with Crippen LogP contribution in [0, 0.1) is 17.0 Å². The molecule has 144 valence electrons. The van der Waals surface area contributed by atoms with E-state index in [1.54, 1.807) is 31.2 Å². The van der Waals surface area contributed by atoms with Gasteiger partial charge in [-0.15, -0.1) is 0 Å². The number of carboxylic acids is 1. The first-order valence-corrected chi connectivity index (χ1v) is 9.26. The Hall–Kier alpha value is -2.98. The van der Waals surface area contributed by atoms with Gasteiger partial charge < -0.3 is 9.52 Å². The van der Waals surface area contributed by atoms with Gasteiger partial charge in [0.2, 0.25) is 0 Å². The largest absolute Gasteiger partial charge is 0.480 e. The highest BCUT2D eigenvalue weighted by Gasteiger charge is 2.38. The molecule has 1 fully saturated rings. The number of nitro groups is 1. The summed E-state index contributed by atoms with van der Waals surface area (Å²) in [5.41, 5.74) is 1.06. The van der Waals surface area contributed by atoms with Crippen molar-refractivity contribution in [2.75, 3.05) is 0 Å². The van der Waals surface area contributed by atoms with Gasteiger partial charge in [0.15, 0.2) is 0 Å². The molecule has 3 rings (SSSR count). The van der Waals surface area contributed by atoms with Crippen LogP contribution in [0.2, 0.25) is 0 Å². The van der Waals surface area contributed by atoms with Crippen molar-refractivity contribution in [3.63, 3.8) is 0 Å². The molecule has 2 heterocycles. The summed E-state index contributed by atoms with van der Waals surface area (Å²) in [7, 11) is 0. The Morgan fingerprint density at radius 1 is 1.39 bits per heavy atom. The molecule has 10 heteroatoms. The Morgan fingerprint density at radius 2 is 2.11 bits per heavy atom. The lowest BCUT2D eigenvalue weighted by atomic mass is 10.1. The van der Waals surface area contributed by atoms with Crippen molar-refractivity contribution in [3.05, 3.63) is 56.7 Å². The van der Waals surface area contributed by atoms with Gasteiger partial charge >= 0.3 is 5.97 Å². The number of thiocarbonyl (C=S) groups is 1. The van der Waals surface area contributed by atoms with Crippen molar-refractivity contribution >= 4 is 51.9 Å². The molecule has 8 nitrogen and oxygen atoms in total. The molecule has 1 amide bonds. The van der Waals surface area contributed by atoms with Gasteiger partial charge in [0.1, 0.15) is 21.9 Å². The SMILES string of the molecule is Cc1ccc(-c2ccc(/C=C3\SC(=S)N(C(C)C(=O)O)C3=O)o2)cc1[N+](=O)[O-].